The fourth-order valence-electron chi connectivity index (χ4n) is 5.54. The Kier molecular flexibility index (Phi) is 10.4. The Hall–Kier alpha value is -4.63. The number of nitrogens with one attached hydrogen (secondary N) is 2. The van der Waals surface area contributed by atoms with Crippen molar-refractivity contribution >= 4 is 17.7 Å². The standard InChI is InChI=1S/C35H29F5N4O4S/c1-18-25(16-49-35-42-17-43-44-35)47-34(48-32(18)21-10-8-19(15-45)9-11-21)24-7-3-6-23(13-24)22-5-2-4-20(12-22)14-41-33(46)26-27(36)29(38)31(40)30(39)28(26)37/h2-13,17-18,25,32,34,45H,14-16H2,1H3,(H,41,46)(H,42,43,44)/t18-,25+,32+,34+/m0/s1. The predicted octanol–water partition coefficient (Wildman–Crippen LogP) is 7.17. The zero-order valence-electron chi connectivity index (χ0n) is 25.8. The van der Waals surface area contributed by atoms with Gasteiger partial charge in [0.05, 0.1) is 18.8 Å². The highest BCUT2D eigenvalue weighted by molar-refractivity contribution is 7.99. The molecule has 14 heteroatoms. The van der Waals surface area contributed by atoms with Crippen molar-refractivity contribution < 1.29 is 41.3 Å². The van der Waals surface area contributed by atoms with Gasteiger partial charge in [0.2, 0.25) is 5.82 Å². The molecule has 1 aromatic heterocycles. The van der Waals surface area contributed by atoms with Gasteiger partial charge < -0.3 is 19.9 Å². The van der Waals surface area contributed by atoms with E-state index in [9.17, 15) is 31.9 Å². The first-order chi connectivity index (χ1) is 23.6. The normalized spacial score (nSPS) is 19.2. The maximum absolute atomic E-state index is 14.1. The van der Waals surface area contributed by atoms with Crippen molar-refractivity contribution in [1.82, 2.24) is 20.5 Å². The molecule has 5 aromatic rings. The Bertz CT molecular complexity index is 1920. The fourth-order valence-corrected chi connectivity index (χ4v) is 6.48. The largest absolute Gasteiger partial charge is 0.392 e. The zero-order chi connectivity index (χ0) is 34.7. The lowest BCUT2D eigenvalue weighted by Gasteiger charge is -2.41. The van der Waals surface area contributed by atoms with Gasteiger partial charge in [0.1, 0.15) is 11.9 Å². The molecule has 1 fully saturated rings. The minimum atomic E-state index is -2.34. The highest BCUT2D eigenvalue weighted by atomic mass is 32.2. The molecule has 4 atom stereocenters. The second-order valence-electron chi connectivity index (χ2n) is 11.4. The van der Waals surface area contributed by atoms with E-state index in [1.54, 1.807) is 18.2 Å². The van der Waals surface area contributed by atoms with E-state index in [0.29, 0.717) is 16.5 Å². The van der Waals surface area contributed by atoms with Crippen LogP contribution >= 0.6 is 11.8 Å². The van der Waals surface area contributed by atoms with Gasteiger partial charge in [-0.1, -0.05) is 79.3 Å². The third kappa shape index (κ3) is 7.37. The molecule has 0 aliphatic carbocycles. The summed E-state index contributed by atoms with van der Waals surface area (Å²) in [5.74, 6) is -12.1. The quantitative estimate of drug-likeness (QED) is 0.0615. The van der Waals surface area contributed by atoms with E-state index in [-0.39, 0.29) is 31.3 Å². The molecule has 0 saturated carbocycles. The van der Waals surface area contributed by atoms with Gasteiger partial charge in [-0.05, 0) is 39.9 Å². The molecule has 0 bridgehead atoms. The molecule has 254 valence electrons. The van der Waals surface area contributed by atoms with Gasteiger partial charge in [0.25, 0.3) is 5.91 Å². The molecule has 1 aliphatic rings. The number of aliphatic hydroxyl groups is 1. The number of halogens is 5. The first kappa shape index (κ1) is 34.2. The third-order valence-electron chi connectivity index (χ3n) is 8.21. The summed E-state index contributed by atoms with van der Waals surface area (Å²) in [5.41, 5.74) is 2.91. The van der Waals surface area contributed by atoms with Crippen LogP contribution in [0.2, 0.25) is 0 Å². The monoisotopic (exact) mass is 696 g/mol. The third-order valence-corrected chi connectivity index (χ3v) is 9.18. The summed E-state index contributed by atoms with van der Waals surface area (Å²) in [6.07, 6.45) is 0.111. The van der Waals surface area contributed by atoms with Gasteiger partial charge in [0.15, 0.2) is 34.7 Å². The topological polar surface area (TPSA) is 109 Å². The van der Waals surface area contributed by atoms with E-state index in [0.717, 1.165) is 27.8 Å². The van der Waals surface area contributed by atoms with Crippen LogP contribution in [0.4, 0.5) is 22.0 Å². The summed E-state index contributed by atoms with van der Waals surface area (Å²) in [6, 6.07) is 22.0. The number of H-pyrrole nitrogens is 1. The number of aromatic amines is 1. The van der Waals surface area contributed by atoms with E-state index in [4.69, 9.17) is 9.47 Å². The summed E-state index contributed by atoms with van der Waals surface area (Å²) in [7, 11) is 0. The second-order valence-corrected chi connectivity index (χ2v) is 12.4. The summed E-state index contributed by atoms with van der Waals surface area (Å²) in [6.45, 7) is 1.73. The van der Waals surface area contributed by atoms with E-state index in [1.807, 2.05) is 54.6 Å². The van der Waals surface area contributed by atoms with Gasteiger partial charge in [-0.3, -0.25) is 9.89 Å². The van der Waals surface area contributed by atoms with Crippen molar-refractivity contribution in [3.8, 4) is 11.1 Å². The molecule has 3 N–H and O–H groups in total. The van der Waals surface area contributed by atoms with Crippen LogP contribution in [0.1, 0.15) is 51.9 Å². The molecule has 1 aliphatic heterocycles. The highest BCUT2D eigenvalue weighted by Crippen LogP contribution is 2.43. The maximum atomic E-state index is 14.1. The van der Waals surface area contributed by atoms with Crippen molar-refractivity contribution in [2.75, 3.05) is 5.75 Å². The fraction of sp³-hybridized carbons (Fsp3) is 0.229. The number of hydrogen-bond acceptors (Lipinski definition) is 7. The number of aliphatic hydroxyl groups excluding tert-OH is 1. The molecule has 1 saturated heterocycles. The lowest BCUT2D eigenvalue weighted by molar-refractivity contribution is -0.268. The Labute approximate surface area is 281 Å². The Morgan fingerprint density at radius 1 is 0.857 bits per heavy atom. The van der Waals surface area contributed by atoms with Crippen molar-refractivity contribution in [2.24, 2.45) is 5.92 Å². The van der Waals surface area contributed by atoms with Gasteiger partial charge in [-0.2, -0.15) is 5.10 Å². The minimum absolute atomic E-state index is 0.0495. The maximum Gasteiger partial charge on any atom is 0.257 e. The molecule has 2 heterocycles. The Morgan fingerprint density at radius 2 is 1.53 bits per heavy atom. The van der Waals surface area contributed by atoms with Crippen LogP contribution in [0.25, 0.3) is 11.1 Å². The molecule has 6 rings (SSSR count). The van der Waals surface area contributed by atoms with Gasteiger partial charge in [-0.15, -0.1) is 0 Å². The summed E-state index contributed by atoms with van der Waals surface area (Å²) in [4.78, 5) is 16.7. The number of aromatic nitrogens is 3. The second kappa shape index (κ2) is 14.9. The highest BCUT2D eigenvalue weighted by Gasteiger charge is 2.38. The van der Waals surface area contributed by atoms with E-state index in [1.165, 1.54) is 18.1 Å². The smallest absolute Gasteiger partial charge is 0.257 e. The number of amides is 1. The van der Waals surface area contributed by atoms with Crippen LogP contribution in [0.3, 0.4) is 0 Å². The van der Waals surface area contributed by atoms with Crippen LogP contribution < -0.4 is 5.32 Å². The summed E-state index contributed by atoms with van der Waals surface area (Å²) < 4.78 is 82.0. The van der Waals surface area contributed by atoms with Crippen LogP contribution in [0, 0.1) is 35.0 Å². The predicted molar refractivity (Wildman–Crippen MR) is 169 cm³/mol. The van der Waals surface area contributed by atoms with Crippen LogP contribution in [0.15, 0.2) is 84.3 Å². The Morgan fingerprint density at radius 3 is 2.20 bits per heavy atom. The molecule has 0 spiro atoms. The SMILES string of the molecule is C[C@H]1[C@@H](CSc2ncn[nH]2)O[C@@H](c2cccc(-c3cccc(CNC(=O)c4c(F)c(F)c(F)c(F)c4F)c3)c2)O[C@H]1c1ccc(CO)cc1. The number of carbonyl (C=O) groups excluding carboxylic acids is 1. The molecule has 4 aromatic carbocycles. The molecule has 1 amide bonds. The first-order valence-corrected chi connectivity index (χ1v) is 16.1. The van der Waals surface area contributed by atoms with Crippen molar-refractivity contribution in [3.63, 3.8) is 0 Å². The van der Waals surface area contributed by atoms with Crippen molar-refractivity contribution in [1.29, 1.82) is 0 Å². The van der Waals surface area contributed by atoms with Gasteiger partial charge in [-0.25, -0.2) is 26.9 Å². The number of nitrogens with zero attached hydrogens (tertiary/aromatic N) is 2. The van der Waals surface area contributed by atoms with Crippen LogP contribution in [0.5, 0.6) is 0 Å². The number of carbonyl (C=O) groups is 1. The van der Waals surface area contributed by atoms with E-state index >= 15 is 0 Å². The van der Waals surface area contributed by atoms with Gasteiger partial charge in [0, 0.05) is 23.8 Å². The average Bonchev–Trinajstić information content (AvgIpc) is 3.66. The minimum Gasteiger partial charge on any atom is -0.392 e. The molecule has 8 nitrogen and oxygen atoms in total. The number of hydrogen-bond donors (Lipinski definition) is 3. The number of rotatable bonds is 10. The van der Waals surface area contributed by atoms with Crippen LogP contribution in [-0.2, 0) is 22.6 Å². The number of thioether (sulfide) groups is 1. The summed E-state index contributed by atoms with van der Waals surface area (Å²) >= 11 is 1.48. The van der Waals surface area contributed by atoms with E-state index in [2.05, 4.69) is 27.4 Å². The van der Waals surface area contributed by atoms with E-state index < -0.39 is 46.8 Å². The lowest BCUT2D eigenvalue weighted by atomic mass is 9.91. The number of ether oxygens (including phenoxy) is 2. The molecule has 0 radical (unpaired) electrons. The van der Waals surface area contributed by atoms with Gasteiger partial charge >= 0.3 is 0 Å². The summed E-state index contributed by atoms with van der Waals surface area (Å²) in [5, 5.41) is 19.2. The van der Waals surface area contributed by atoms with Crippen molar-refractivity contribution in [3.05, 3.63) is 136 Å². The number of benzene rings is 4. The molecular formula is C35H29F5N4O4S. The molecule has 0 unspecified atom stereocenters. The Balaban J connectivity index is 1.22. The first-order valence-electron chi connectivity index (χ1n) is 15.1. The lowest BCUT2D eigenvalue weighted by Crippen LogP contribution is -2.38. The molecule has 49 heavy (non-hydrogen) atoms. The molecular weight excluding hydrogens is 667 g/mol. The van der Waals surface area contributed by atoms with Crippen molar-refractivity contribution in [2.45, 2.75) is 43.7 Å². The van der Waals surface area contributed by atoms with Crippen LogP contribution in [-0.4, -0.2) is 38.1 Å². The average molecular weight is 697 g/mol. The zero-order valence-corrected chi connectivity index (χ0v) is 26.6.